The lowest BCUT2D eigenvalue weighted by atomic mass is 10.2. The van der Waals surface area contributed by atoms with Crippen molar-refractivity contribution in [3.8, 4) is 0 Å². The van der Waals surface area contributed by atoms with Crippen LogP contribution >= 0.6 is 0 Å². The van der Waals surface area contributed by atoms with E-state index in [1.54, 1.807) is 18.3 Å². The summed E-state index contributed by atoms with van der Waals surface area (Å²) in [6, 6.07) is 6.24. The van der Waals surface area contributed by atoms with Crippen molar-refractivity contribution in [1.82, 2.24) is 20.3 Å². The number of amides is 1. The Morgan fingerprint density at radius 1 is 1.50 bits per heavy atom. The van der Waals surface area contributed by atoms with E-state index in [9.17, 15) is 9.18 Å². The Balaban J connectivity index is 1.64. The van der Waals surface area contributed by atoms with Crippen LogP contribution in [0.15, 0.2) is 30.5 Å². The van der Waals surface area contributed by atoms with Crippen LogP contribution < -0.4 is 11.1 Å². The van der Waals surface area contributed by atoms with Crippen LogP contribution in [0.4, 0.5) is 4.39 Å². The third-order valence-electron chi connectivity index (χ3n) is 3.77. The highest BCUT2D eigenvalue weighted by Crippen LogP contribution is 2.32. The highest BCUT2D eigenvalue weighted by Gasteiger charge is 2.31. The molecule has 1 aliphatic rings. The lowest BCUT2D eigenvalue weighted by Gasteiger charge is -2.14. The smallest absolute Gasteiger partial charge is 0.273 e. The number of aromatic nitrogens is 3. The highest BCUT2D eigenvalue weighted by atomic mass is 19.1. The first kappa shape index (κ1) is 14.6. The van der Waals surface area contributed by atoms with Crippen LogP contribution in [0.1, 0.15) is 28.9 Å². The van der Waals surface area contributed by atoms with Gasteiger partial charge < -0.3 is 11.1 Å². The molecular weight excluding hydrogens is 285 g/mol. The summed E-state index contributed by atoms with van der Waals surface area (Å²) in [5.74, 6) is -0.0880. The minimum atomic E-state index is -0.300. The largest absolute Gasteiger partial charge is 0.346 e. The van der Waals surface area contributed by atoms with Crippen molar-refractivity contribution >= 4 is 5.91 Å². The first-order chi connectivity index (χ1) is 10.7. The van der Waals surface area contributed by atoms with Gasteiger partial charge in [-0.05, 0) is 36.5 Å². The molecule has 0 bridgehead atoms. The zero-order chi connectivity index (χ0) is 15.5. The van der Waals surface area contributed by atoms with Crippen molar-refractivity contribution in [1.29, 1.82) is 0 Å². The maximum Gasteiger partial charge on any atom is 0.273 e. The van der Waals surface area contributed by atoms with Crippen molar-refractivity contribution in [2.45, 2.75) is 25.4 Å². The molecule has 1 atom stereocenters. The second-order valence-corrected chi connectivity index (χ2v) is 5.58. The number of rotatable bonds is 6. The van der Waals surface area contributed by atoms with Gasteiger partial charge in [0.25, 0.3) is 5.91 Å². The molecule has 1 aliphatic carbocycles. The standard InChI is InChI=1S/C15H18FN5O/c16-12-3-1-2-10(6-12)8-21-9-14(19-20-21)15(22)18-13(7-17)11-4-5-11/h1-3,6,9,11,13H,4-5,7-8,17H2,(H,18,22). The van der Waals surface area contributed by atoms with Crippen LogP contribution in [0.5, 0.6) is 0 Å². The number of benzene rings is 1. The number of carbonyl (C=O) groups is 1. The molecule has 1 saturated carbocycles. The fraction of sp³-hybridized carbons (Fsp3) is 0.400. The fourth-order valence-electron chi connectivity index (χ4n) is 2.41. The van der Waals surface area contributed by atoms with Crippen molar-refractivity contribution in [2.75, 3.05) is 6.54 Å². The van der Waals surface area contributed by atoms with Crippen LogP contribution in [-0.2, 0) is 6.54 Å². The third-order valence-corrected chi connectivity index (χ3v) is 3.77. The number of hydrogen-bond donors (Lipinski definition) is 2. The molecule has 0 spiro atoms. The minimum Gasteiger partial charge on any atom is -0.346 e. The number of hydrogen-bond acceptors (Lipinski definition) is 4. The minimum absolute atomic E-state index is 0.000805. The maximum atomic E-state index is 13.1. The quantitative estimate of drug-likeness (QED) is 0.831. The van der Waals surface area contributed by atoms with Gasteiger partial charge in [0.1, 0.15) is 5.82 Å². The summed E-state index contributed by atoms with van der Waals surface area (Å²) in [4.78, 5) is 12.1. The summed E-state index contributed by atoms with van der Waals surface area (Å²) in [6.45, 7) is 0.787. The second-order valence-electron chi connectivity index (χ2n) is 5.58. The second kappa shape index (κ2) is 6.23. The van der Waals surface area contributed by atoms with E-state index in [0.29, 0.717) is 19.0 Å². The van der Waals surface area contributed by atoms with Crippen molar-refractivity contribution in [3.63, 3.8) is 0 Å². The topological polar surface area (TPSA) is 85.8 Å². The number of halogens is 1. The molecule has 2 aromatic rings. The number of carbonyl (C=O) groups excluding carboxylic acids is 1. The first-order valence-electron chi connectivity index (χ1n) is 7.31. The summed E-state index contributed by atoms with van der Waals surface area (Å²) < 4.78 is 14.7. The van der Waals surface area contributed by atoms with E-state index in [4.69, 9.17) is 5.73 Å². The SMILES string of the molecule is NCC(NC(=O)c1cn(Cc2cccc(F)c2)nn1)C1CC1. The molecule has 116 valence electrons. The van der Waals surface area contributed by atoms with E-state index in [0.717, 1.165) is 18.4 Å². The van der Waals surface area contributed by atoms with Crippen LogP contribution in [-0.4, -0.2) is 33.5 Å². The monoisotopic (exact) mass is 303 g/mol. The molecule has 1 unspecified atom stereocenters. The van der Waals surface area contributed by atoms with Crippen molar-refractivity contribution in [3.05, 3.63) is 47.5 Å². The van der Waals surface area contributed by atoms with E-state index in [1.807, 2.05) is 0 Å². The first-order valence-corrected chi connectivity index (χ1v) is 7.31. The number of nitrogens with zero attached hydrogens (tertiary/aromatic N) is 3. The zero-order valence-electron chi connectivity index (χ0n) is 12.1. The van der Waals surface area contributed by atoms with E-state index >= 15 is 0 Å². The zero-order valence-corrected chi connectivity index (χ0v) is 12.1. The van der Waals surface area contributed by atoms with Crippen molar-refractivity contribution < 1.29 is 9.18 Å². The lowest BCUT2D eigenvalue weighted by Crippen LogP contribution is -2.41. The average Bonchev–Trinajstić information content (AvgIpc) is 3.24. The van der Waals surface area contributed by atoms with Gasteiger partial charge in [-0.25, -0.2) is 9.07 Å². The Kier molecular flexibility index (Phi) is 4.15. The van der Waals surface area contributed by atoms with E-state index < -0.39 is 0 Å². The third kappa shape index (κ3) is 3.48. The van der Waals surface area contributed by atoms with Gasteiger partial charge >= 0.3 is 0 Å². The predicted octanol–water partition coefficient (Wildman–Crippen LogP) is 0.933. The van der Waals surface area contributed by atoms with Crippen LogP contribution in [0.25, 0.3) is 0 Å². The van der Waals surface area contributed by atoms with Gasteiger partial charge in [-0.2, -0.15) is 0 Å². The molecule has 0 radical (unpaired) electrons. The Morgan fingerprint density at radius 2 is 2.32 bits per heavy atom. The Hall–Kier alpha value is -2.28. The highest BCUT2D eigenvalue weighted by molar-refractivity contribution is 5.92. The molecule has 1 aromatic heterocycles. The van der Waals surface area contributed by atoms with Gasteiger partial charge in [0.15, 0.2) is 5.69 Å². The molecule has 7 heteroatoms. The molecule has 0 aliphatic heterocycles. The summed E-state index contributed by atoms with van der Waals surface area (Å²) in [7, 11) is 0. The number of nitrogens with two attached hydrogens (primary N) is 1. The molecular formula is C15H18FN5O. The van der Waals surface area contributed by atoms with Crippen LogP contribution in [0.3, 0.4) is 0 Å². The van der Waals surface area contributed by atoms with Crippen LogP contribution in [0.2, 0.25) is 0 Å². The van der Waals surface area contributed by atoms with Gasteiger partial charge in [-0.15, -0.1) is 5.10 Å². The average molecular weight is 303 g/mol. The molecule has 1 fully saturated rings. The molecule has 3 N–H and O–H groups in total. The predicted molar refractivity (Wildman–Crippen MR) is 78.6 cm³/mol. The van der Waals surface area contributed by atoms with Gasteiger partial charge in [0.2, 0.25) is 0 Å². The fourth-order valence-corrected chi connectivity index (χ4v) is 2.41. The van der Waals surface area contributed by atoms with Gasteiger partial charge in [-0.3, -0.25) is 4.79 Å². The Labute approximate surface area is 127 Å². The molecule has 0 saturated heterocycles. The normalized spacial score (nSPS) is 15.5. The molecule has 3 rings (SSSR count). The Morgan fingerprint density at radius 3 is 3.00 bits per heavy atom. The molecule has 6 nitrogen and oxygen atoms in total. The molecule has 22 heavy (non-hydrogen) atoms. The van der Waals surface area contributed by atoms with Gasteiger partial charge in [0, 0.05) is 12.6 Å². The molecule has 1 heterocycles. The molecule has 1 amide bonds. The van der Waals surface area contributed by atoms with Crippen molar-refractivity contribution in [2.24, 2.45) is 11.7 Å². The van der Waals surface area contributed by atoms with E-state index in [2.05, 4.69) is 15.6 Å². The summed E-state index contributed by atoms with van der Waals surface area (Å²) >= 11 is 0. The summed E-state index contributed by atoms with van der Waals surface area (Å²) in [5, 5.41) is 10.7. The maximum absolute atomic E-state index is 13.1. The summed E-state index contributed by atoms with van der Waals surface area (Å²) in [6.07, 6.45) is 3.77. The molecule has 1 aromatic carbocycles. The summed E-state index contributed by atoms with van der Waals surface area (Å²) in [5.41, 5.74) is 6.67. The Bertz CT molecular complexity index is 667. The van der Waals surface area contributed by atoms with Gasteiger partial charge in [0.05, 0.1) is 12.7 Å². The van der Waals surface area contributed by atoms with Crippen LogP contribution in [0, 0.1) is 11.7 Å². The van der Waals surface area contributed by atoms with E-state index in [1.165, 1.54) is 16.8 Å². The van der Waals surface area contributed by atoms with E-state index in [-0.39, 0.29) is 23.5 Å². The van der Waals surface area contributed by atoms with Gasteiger partial charge in [-0.1, -0.05) is 17.3 Å². The lowest BCUT2D eigenvalue weighted by molar-refractivity contribution is 0.0928. The number of nitrogens with one attached hydrogen (secondary N) is 1.